The van der Waals surface area contributed by atoms with Crippen molar-refractivity contribution >= 4 is 0 Å². The van der Waals surface area contributed by atoms with Gasteiger partial charge in [0.25, 0.3) is 0 Å². The zero-order valence-electron chi connectivity index (χ0n) is 10.9. The summed E-state index contributed by atoms with van der Waals surface area (Å²) in [5.41, 5.74) is 0.812. The minimum atomic E-state index is -0.672. The van der Waals surface area contributed by atoms with Gasteiger partial charge in [-0.25, -0.2) is 0 Å². The van der Waals surface area contributed by atoms with E-state index in [1.54, 1.807) is 0 Å². The molecular weight excluding hydrogens is 200 g/mol. The van der Waals surface area contributed by atoms with E-state index in [9.17, 15) is 0 Å². The second-order valence-corrected chi connectivity index (χ2v) is 4.96. The fraction of sp³-hybridized carbons (Fsp3) is 0.571. The lowest BCUT2D eigenvalue weighted by Gasteiger charge is -2.36. The Labute approximate surface area is 98.6 Å². The fourth-order valence-electron chi connectivity index (χ4n) is 1.77. The van der Waals surface area contributed by atoms with Gasteiger partial charge in [0.15, 0.2) is 5.79 Å². The van der Waals surface area contributed by atoms with Crippen molar-refractivity contribution in [3.63, 3.8) is 0 Å². The molecule has 0 aromatic heterocycles. The van der Waals surface area contributed by atoms with E-state index in [1.165, 1.54) is 0 Å². The predicted molar refractivity (Wildman–Crippen MR) is 66.3 cm³/mol. The van der Waals surface area contributed by atoms with E-state index in [1.807, 2.05) is 65.0 Å². The van der Waals surface area contributed by atoms with Crippen molar-refractivity contribution in [2.24, 2.45) is 0 Å². The Balaban J connectivity index is 2.97. The molecule has 0 aliphatic rings. The molecule has 1 rings (SSSR count). The molecule has 0 saturated carbocycles. The molecule has 0 amide bonds. The van der Waals surface area contributed by atoms with Crippen molar-refractivity contribution in [2.75, 3.05) is 6.61 Å². The van der Waals surface area contributed by atoms with Gasteiger partial charge in [-0.05, 0) is 34.6 Å². The van der Waals surface area contributed by atoms with Gasteiger partial charge in [-0.2, -0.15) is 0 Å². The van der Waals surface area contributed by atoms with Crippen LogP contribution >= 0.6 is 0 Å². The van der Waals surface area contributed by atoms with Crippen LogP contribution in [0.2, 0.25) is 0 Å². The van der Waals surface area contributed by atoms with E-state index in [0.717, 1.165) is 5.56 Å². The average molecular weight is 222 g/mol. The van der Waals surface area contributed by atoms with Crippen LogP contribution in [0.4, 0.5) is 0 Å². The third kappa shape index (κ3) is 3.62. The Morgan fingerprint density at radius 1 is 1.00 bits per heavy atom. The van der Waals surface area contributed by atoms with Gasteiger partial charge in [-0.3, -0.25) is 0 Å². The largest absolute Gasteiger partial charge is 0.346 e. The van der Waals surface area contributed by atoms with Crippen LogP contribution in [0.5, 0.6) is 0 Å². The summed E-state index contributed by atoms with van der Waals surface area (Å²) in [5.74, 6) is -0.672. The molecule has 0 aliphatic carbocycles. The van der Waals surface area contributed by atoms with E-state index in [0.29, 0.717) is 6.61 Å². The summed E-state index contributed by atoms with van der Waals surface area (Å²) in [6.07, 6.45) is 0. The Hall–Kier alpha value is -0.860. The molecule has 0 spiro atoms. The van der Waals surface area contributed by atoms with Crippen LogP contribution in [0, 0.1) is 0 Å². The molecule has 16 heavy (non-hydrogen) atoms. The Morgan fingerprint density at radius 3 is 2.00 bits per heavy atom. The van der Waals surface area contributed by atoms with Crippen LogP contribution < -0.4 is 0 Å². The van der Waals surface area contributed by atoms with E-state index < -0.39 is 5.79 Å². The van der Waals surface area contributed by atoms with E-state index >= 15 is 0 Å². The molecule has 0 bridgehead atoms. The van der Waals surface area contributed by atoms with Crippen LogP contribution in [0.1, 0.15) is 40.2 Å². The van der Waals surface area contributed by atoms with Crippen LogP contribution in [0.3, 0.4) is 0 Å². The smallest absolute Gasteiger partial charge is 0.192 e. The third-order valence-electron chi connectivity index (χ3n) is 2.22. The number of hydrogen-bond acceptors (Lipinski definition) is 2. The molecule has 1 unspecified atom stereocenters. The minimum Gasteiger partial charge on any atom is -0.346 e. The topological polar surface area (TPSA) is 18.5 Å². The maximum Gasteiger partial charge on any atom is 0.192 e. The van der Waals surface area contributed by atoms with Crippen LogP contribution in [-0.4, -0.2) is 12.2 Å². The fourth-order valence-corrected chi connectivity index (χ4v) is 1.77. The maximum absolute atomic E-state index is 6.03. The van der Waals surface area contributed by atoms with Crippen LogP contribution in [0.25, 0.3) is 0 Å². The zero-order chi connectivity index (χ0) is 12.2. The zero-order valence-corrected chi connectivity index (χ0v) is 10.9. The summed E-state index contributed by atoms with van der Waals surface area (Å²) in [7, 11) is 0. The van der Waals surface area contributed by atoms with E-state index in [-0.39, 0.29) is 5.60 Å². The molecular formula is C14H22O2. The minimum absolute atomic E-state index is 0.236. The average Bonchev–Trinajstić information content (AvgIpc) is 2.16. The Bertz CT molecular complexity index is 313. The standard InChI is InChI=1S/C14H22O2/c1-6-15-14(5,16-13(2,3)4)12-10-8-7-9-11-12/h7-11H,6H2,1-5H3. The van der Waals surface area contributed by atoms with Gasteiger partial charge in [0.2, 0.25) is 0 Å². The van der Waals surface area contributed by atoms with E-state index in [4.69, 9.17) is 9.47 Å². The van der Waals surface area contributed by atoms with Crippen molar-refractivity contribution in [1.29, 1.82) is 0 Å². The number of benzene rings is 1. The van der Waals surface area contributed by atoms with Gasteiger partial charge < -0.3 is 9.47 Å². The maximum atomic E-state index is 6.03. The summed E-state index contributed by atoms with van der Waals surface area (Å²) in [6, 6.07) is 10.0. The second kappa shape index (κ2) is 4.98. The van der Waals surface area contributed by atoms with Gasteiger partial charge in [0.05, 0.1) is 5.60 Å². The molecule has 2 heteroatoms. The lowest BCUT2D eigenvalue weighted by molar-refractivity contribution is -0.275. The summed E-state index contributed by atoms with van der Waals surface area (Å²) in [5, 5.41) is 0. The highest BCUT2D eigenvalue weighted by Gasteiger charge is 2.32. The first-order valence-corrected chi connectivity index (χ1v) is 5.77. The number of hydrogen-bond donors (Lipinski definition) is 0. The van der Waals surface area contributed by atoms with Crippen molar-refractivity contribution in [3.8, 4) is 0 Å². The van der Waals surface area contributed by atoms with Crippen molar-refractivity contribution in [2.45, 2.75) is 46.0 Å². The first-order valence-electron chi connectivity index (χ1n) is 5.77. The van der Waals surface area contributed by atoms with Crippen molar-refractivity contribution in [1.82, 2.24) is 0 Å². The SMILES string of the molecule is CCOC(C)(OC(C)(C)C)c1ccccc1. The molecule has 0 heterocycles. The molecule has 1 aromatic rings. The molecule has 0 N–H and O–H groups in total. The summed E-state index contributed by atoms with van der Waals surface area (Å²) in [4.78, 5) is 0. The van der Waals surface area contributed by atoms with E-state index in [2.05, 4.69) is 0 Å². The summed E-state index contributed by atoms with van der Waals surface area (Å²) < 4.78 is 11.8. The van der Waals surface area contributed by atoms with Crippen LogP contribution in [-0.2, 0) is 15.3 Å². The molecule has 0 fully saturated rings. The molecule has 2 nitrogen and oxygen atoms in total. The molecule has 90 valence electrons. The van der Waals surface area contributed by atoms with Gasteiger partial charge >= 0.3 is 0 Å². The first-order chi connectivity index (χ1) is 7.37. The summed E-state index contributed by atoms with van der Waals surface area (Å²) in [6.45, 7) is 10.7. The quantitative estimate of drug-likeness (QED) is 0.723. The van der Waals surface area contributed by atoms with Gasteiger partial charge in [-0.15, -0.1) is 0 Å². The van der Waals surface area contributed by atoms with Crippen molar-refractivity contribution < 1.29 is 9.47 Å². The monoisotopic (exact) mass is 222 g/mol. The van der Waals surface area contributed by atoms with Gasteiger partial charge in [0.1, 0.15) is 0 Å². The highest BCUT2D eigenvalue weighted by Crippen LogP contribution is 2.31. The van der Waals surface area contributed by atoms with Crippen molar-refractivity contribution in [3.05, 3.63) is 35.9 Å². The highest BCUT2D eigenvalue weighted by atomic mass is 16.7. The first kappa shape index (κ1) is 13.2. The highest BCUT2D eigenvalue weighted by molar-refractivity contribution is 5.19. The molecule has 0 aliphatic heterocycles. The summed E-state index contributed by atoms with van der Waals surface area (Å²) >= 11 is 0. The molecule has 1 atom stereocenters. The normalized spacial score (nSPS) is 15.8. The predicted octanol–water partition coefficient (Wildman–Crippen LogP) is 3.71. The lowest BCUT2D eigenvalue weighted by atomic mass is 10.1. The van der Waals surface area contributed by atoms with Gasteiger partial charge in [-0.1, -0.05) is 30.3 Å². The second-order valence-electron chi connectivity index (χ2n) is 4.96. The Morgan fingerprint density at radius 2 is 1.56 bits per heavy atom. The molecule has 1 aromatic carbocycles. The number of rotatable bonds is 4. The molecule has 0 saturated heterocycles. The lowest BCUT2D eigenvalue weighted by Crippen LogP contribution is -2.37. The molecule has 0 radical (unpaired) electrons. The third-order valence-corrected chi connectivity index (χ3v) is 2.22. The number of ether oxygens (including phenoxy) is 2. The van der Waals surface area contributed by atoms with Gasteiger partial charge in [0, 0.05) is 12.2 Å². The van der Waals surface area contributed by atoms with Crippen LogP contribution in [0.15, 0.2) is 30.3 Å². The Kier molecular flexibility index (Phi) is 4.11.